The molecule has 268 valence electrons. The average Bonchev–Trinajstić information content (AvgIpc) is 3.50. The molecule has 2 aromatic heterocycles. The van der Waals surface area contributed by atoms with Gasteiger partial charge in [0.2, 0.25) is 0 Å². The monoisotopic (exact) mass is 697 g/mol. The van der Waals surface area contributed by atoms with Gasteiger partial charge < -0.3 is 23.4 Å². The second kappa shape index (κ2) is 14.8. The topological polar surface area (TPSA) is 149 Å². The molecule has 0 amide bonds. The van der Waals surface area contributed by atoms with Crippen molar-refractivity contribution in [3.8, 4) is 11.5 Å². The van der Waals surface area contributed by atoms with Gasteiger partial charge in [-0.15, -0.1) is 5.10 Å². The molecular formula is C39H43N3O9. The quantitative estimate of drug-likeness (QED) is 0.0754. The van der Waals surface area contributed by atoms with Gasteiger partial charge in [-0.1, -0.05) is 29.5 Å². The summed E-state index contributed by atoms with van der Waals surface area (Å²) in [6.07, 6.45) is -0.328. The maximum Gasteiger partial charge on any atom is 0.324 e. The minimum Gasteiger partial charge on any atom is -0.497 e. The predicted octanol–water partition coefficient (Wildman–Crippen LogP) is 6.50. The molecule has 0 aliphatic heterocycles. The van der Waals surface area contributed by atoms with Gasteiger partial charge >= 0.3 is 11.9 Å². The zero-order valence-electron chi connectivity index (χ0n) is 30.0. The smallest absolute Gasteiger partial charge is 0.324 e. The highest BCUT2D eigenvalue weighted by Crippen LogP contribution is 2.37. The summed E-state index contributed by atoms with van der Waals surface area (Å²) in [6.45, 7) is 10.1. The molecule has 0 saturated carbocycles. The molecule has 5 aromatic rings. The number of carbonyl (C=O) groups is 3. The van der Waals surface area contributed by atoms with Gasteiger partial charge in [0.15, 0.2) is 17.0 Å². The third kappa shape index (κ3) is 8.99. The summed E-state index contributed by atoms with van der Waals surface area (Å²) >= 11 is 0. The molecule has 0 aliphatic carbocycles. The molecule has 0 bridgehead atoms. The van der Waals surface area contributed by atoms with Gasteiger partial charge in [-0.05, 0) is 102 Å². The van der Waals surface area contributed by atoms with Gasteiger partial charge in [0, 0.05) is 24.8 Å². The van der Waals surface area contributed by atoms with Crippen molar-refractivity contribution in [3.05, 3.63) is 94.5 Å². The van der Waals surface area contributed by atoms with E-state index in [1.165, 1.54) is 0 Å². The highest BCUT2D eigenvalue weighted by Gasteiger charge is 2.53. The first-order chi connectivity index (χ1) is 24.1. The Hall–Kier alpha value is -5.52. The van der Waals surface area contributed by atoms with E-state index < -0.39 is 46.3 Å². The van der Waals surface area contributed by atoms with Crippen molar-refractivity contribution >= 4 is 39.6 Å². The number of fused-ring (bicyclic) bond motifs is 2. The predicted molar refractivity (Wildman–Crippen MR) is 190 cm³/mol. The second-order valence-corrected chi connectivity index (χ2v) is 14.3. The molecule has 51 heavy (non-hydrogen) atoms. The van der Waals surface area contributed by atoms with Crippen LogP contribution in [-0.2, 0) is 32.0 Å². The fraction of sp³-hybridized carbons (Fsp3) is 0.385. The fourth-order valence-corrected chi connectivity index (χ4v) is 5.43. The number of hydrogen-bond acceptors (Lipinski definition) is 11. The molecule has 12 nitrogen and oxygen atoms in total. The number of methoxy groups -OCH3 is 1. The Morgan fingerprint density at radius 3 is 2.12 bits per heavy atom. The average molecular weight is 698 g/mol. The van der Waals surface area contributed by atoms with Crippen molar-refractivity contribution in [3.63, 3.8) is 0 Å². The van der Waals surface area contributed by atoms with Gasteiger partial charge in [-0.2, -0.15) is 0 Å². The van der Waals surface area contributed by atoms with Crippen molar-refractivity contribution in [2.45, 2.75) is 78.6 Å². The Labute approximate surface area is 295 Å². The van der Waals surface area contributed by atoms with Gasteiger partial charge in [-0.25, -0.2) is 4.68 Å². The van der Waals surface area contributed by atoms with Crippen molar-refractivity contribution in [2.24, 2.45) is 5.41 Å². The SMILES string of the molecule is COc1ccc(CCOc2ccc3oc(C(=O)CC(CCn4nnc5ccccc5c4=O)(C(=O)OC(C)(C)C)C(=O)OC(C)(C)C)cc3c2)cc1. The Balaban J connectivity index is 1.43. The summed E-state index contributed by atoms with van der Waals surface area (Å²) in [4.78, 5) is 55.5. The standard InChI is InChI=1S/C39H43N3O9/c1-37(2,3)50-35(45)39(36(46)51-38(4,5)6,19-20-42-34(44)29-10-8-9-11-30(29)40-41-42)24-31(43)33-23-26-22-28(16-17-32(26)49-33)48-21-18-25-12-14-27(47-7)15-13-25/h8-17,22-23H,18-21,24H2,1-7H3. The third-order valence-corrected chi connectivity index (χ3v) is 8.00. The lowest BCUT2D eigenvalue weighted by Gasteiger charge is -2.34. The van der Waals surface area contributed by atoms with Crippen molar-refractivity contribution < 1.29 is 37.7 Å². The van der Waals surface area contributed by atoms with Crippen LogP contribution in [0.5, 0.6) is 11.5 Å². The van der Waals surface area contributed by atoms with E-state index in [0.717, 1.165) is 16.0 Å². The van der Waals surface area contributed by atoms with Crippen LogP contribution in [0.3, 0.4) is 0 Å². The highest BCUT2D eigenvalue weighted by atomic mass is 16.6. The lowest BCUT2D eigenvalue weighted by atomic mass is 9.78. The van der Waals surface area contributed by atoms with Crippen LogP contribution in [-0.4, -0.2) is 57.6 Å². The zero-order valence-corrected chi connectivity index (χ0v) is 30.0. The van der Waals surface area contributed by atoms with Gasteiger partial charge in [0.05, 0.1) is 19.1 Å². The molecule has 12 heteroatoms. The number of furan rings is 1. The maximum atomic E-state index is 14.1. The lowest BCUT2D eigenvalue weighted by Crippen LogP contribution is -2.49. The normalized spacial score (nSPS) is 12.1. The Bertz CT molecular complexity index is 2070. The first-order valence-corrected chi connectivity index (χ1v) is 16.7. The number of hydrogen-bond donors (Lipinski definition) is 0. The molecule has 0 N–H and O–H groups in total. The van der Waals surface area contributed by atoms with E-state index in [-0.39, 0.29) is 18.7 Å². The van der Waals surface area contributed by atoms with E-state index in [2.05, 4.69) is 10.3 Å². The Morgan fingerprint density at radius 2 is 1.47 bits per heavy atom. The van der Waals surface area contributed by atoms with E-state index in [4.69, 9.17) is 23.4 Å². The third-order valence-electron chi connectivity index (χ3n) is 8.00. The largest absolute Gasteiger partial charge is 0.497 e. The summed E-state index contributed by atoms with van der Waals surface area (Å²) in [5.74, 6) is -1.29. The molecule has 0 fully saturated rings. The van der Waals surface area contributed by atoms with E-state index in [0.29, 0.717) is 40.6 Å². The van der Waals surface area contributed by atoms with Crippen molar-refractivity contribution in [2.75, 3.05) is 13.7 Å². The highest BCUT2D eigenvalue weighted by molar-refractivity contribution is 6.08. The summed E-state index contributed by atoms with van der Waals surface area (Å²) in [6, 6.07) is 21.2. The van der Waals surface area contributed by atoms with E-state index in [1.54, 1.807) is 97.2 Å². The molecular weight excluding hydrogens is 654 g/mol. The fourth-order valence-electron chi connectivity index (χ4n) is 5.43. The molecule has 0 unspecified atom stereocenters. The summed E-state index contributed by atoms with van der Waals surface area (Å²) in [7, 11) is 1.62. The molecule has 0 aliphatic rings. The minimum atomic E-state index is -2.17. The van der Waals surface area contributed by atoms with Crippen LogP contribution < -0.4 is 15.0 Å². The minimum absolute atomic E-state index is 0.0699. The maximum absolute atomic E-state index is 14.1. The summed E-state index contributed by atoms with van der Waals surface area (Å²) in [5, 5.41) is 9.05. The van der Waals surface area contributed by atoms with Crippen LogP contribution in [0.15, 0.2) is 82.0 Å². The number of Topliss-reactive ketones (excluding diaryl/α,β-unsaturated/α-hetero) is 1. The number of benzene rings is 3. The zero-order chi connectivity index (χ0) is 37.0. The first-order valence-electron chi connectivity index (χ1n) is 16.7. The number of esters is 2. The van der Waals surface area contributed by atoms with Crippen molar-refractivity contribution in [1.29, 1.82) is 0 Å². The molecule has 0 radical (unpaired) electrons. The van der Waals surface area contributed by atoms with Crippen LogP contribution in [0.4, 0.5) is 0 Å². The summed E-state index contributed by atoms with van der Waals surface area (Å²) in [5.41, 5.74) is -2.77. The molecule has 0 spiro atoms. The number of aromatic nitrogens is 3. The second-order valence-electron chi connectivity index (χ2n) is 14.3. The number of carbonyl (C=O) groups excluding carboxylic acids is 3. The van der Waals surface area contributed by atoms with Gasteiger partial charge in [0.1, 0.15) is 33.8 Å². The van der Waals surface area contributed by atoms with Crippen LogP contribution in [0.2, 0.25) is 0 Å². The Morgan fingerprint density at radius 1 is 0.824 bits per heavy atom. The van der Waals surface area contributed by atoms with Crippen LogP contribution >= 0.6 is 0 Å². The Kier molecular flexibility index (Phi) is 10.6. The molecule has 0 atom stereocenters. The number of rotatable bonds is 13. The number of nitrogens with zero attached hydrogens (tertiary/aromatic N) is 3. The van der Waals surface area contributed by atoms with Crippen LogP contribution in [0, 0.1) is 5.41 Å². The lowest BCUT2D eigenvalue weighted by molar-refractivity contribution is -0.186. The van der Waals surface area contributed by atoms with Crippen LogP contribution in [0.25, 0.3) is 21.9 Å². The van der Waals surface area contributed by atoms with Crippen molar-refractivity contribution in [1.82, 2.24) is 15.0 Å². The molecule has 0 saturated heterocycles. The van der Waals surface area contributed by atoms with E-state index >= 15 is 0 Å². The van der Waals surface area contributed by atoms with Gasteiger partial charge in [0.25, 0.3) is 5.56 Å². The number of ketones is 1. The summed E-state index contributed by atoms with van der Waals surface area (Å²) < 4.78 is 29.7. The van der Waals surface area contributed by atoms with E-state index in [1.807, 2.05) is 24.3 Å². The molecule has 3 aromatic carbocycles. The van der Waals surface area contributed by atoms with Crippen LogP contribution in [0.1, 0.15) is 70.5 Å². The molecule has 5 rings (SSSR count). The number of ether oxygens (including phenoxy) is 4. The number of aryl methyl sites for hydroxylation is 1. The first kappa shape index (κ1) is 36.8. The van der Waals surface area contributed by atoms with Gasteiger partial charge in [-0.3, -0.25) is 19.2 Å². The molecule has 2 heterocycles. The van der Waals surface area contributed by atoms with E-state index in [9.17, 15) is 19.2 Å².